The topological polar surface area (TPSA) is 49.6 Å². The highest BCUT2D eigenvalue weighted by molar-refractivity contribution is 5.94. The number of carbonyl (C=O) groups excluding carboxylic acids is 1. The van der Waals surface area contributed by atoms with Crippen molar-refractivity contribution in [2.45, 2.75) is 31.7 Å². The number of carbonyl (C=O) groups is 1. The number of likely N-dealkylation sites (tertiary alicyclic amines) is 2. The van der Waals surface area contributed by atoms with Gasteiger partial charge in [0.25, 0.3) is 5.91 Å². The highest BCUT2D eigenvalue weighted by Gasteiger charge is 2.31. The summed E-state index contributed by atoms with van der Waals surface area (Å²) in [7, 11) is 0. The second-order valence-corrected chi connectivity index (χ2v) is 5.91. The van der Waals surface area contributed by atoms with Crippen LogP contribution in [0.15, 0.2) is 24.3 Å². The van der Waals surface area contributed by atoms with E-state index in [2.05, 4.69) is 4.90 Å². The van der Waals surface area contributed by atoms with Crippen molar-refractivity contribution in [2.24, 2.45) is 0 Å². The van der Waals surface area contributed by atoms with E-state index in [1.165, 1.54) is 32.4 Å². The molecule has 3 rings (SSSR count). The number of rotatable bonds is 2. The number of piperidine rings is 1. The van der Waals surface area contributed by atoms with Gasteiger partial charge in [-0.1, -0.05) is 6.42 Å². The lowest BCUT2D eigenvalue weighted by atomic mass is 10.1. The maximum Gasteiger partial charge on any atom is 0.253 e. The van der Waals surface area contributed by atoms with Crippen LogP contribution in [-0.2, 0) is 0 Å². The summed E-state index contributed by atoms with van der Waals surface area (Å²) in [6.45, 7) is 4.16. The summed E-state index contributed by atoms with van der Waals surface area (Å²) in [6.07, 6.45) is 5.09. The van der Waals surface area contributed by atoms with Crippen LogP contribution in [0.2, 0.25) is 0 Å². The van der Waals surface area contributed by atoms with Gasteiger partial charge < -0.3 is 10.6 Å². The standard InChI is InChI=1S/C16H23N3O.2ClH/c17-14-6-4-13(5-7-14)16(20)19-11-8-15(12-19)18-9-2-1-3-10-18;;/h4-7,15H,1-3,8-12,17H2;2*1H. The van der Waals surface area contributed by atoms with Crippen LogP contribution < -0.4 is 5.73 Å². The molecule has 124 valence electrons. The highest BCUT2D eigenvalue weighted by atomic mass is 35.5. The number of anilines is 1. The Bertz CT molecular complexity index is 475. The zero-order valence-electron chi connectivity index (χ0n) is 12.7. The summed E-state index contributed by atoms with van der Waals surface area (Å²) >= 11 is 0. The Morgan fingerprint density at radius 2 is 1.64 bits per heavy atom. The van der Waals surface area contributed by atoms with Crippen LogP contribution in [0.3, 0.4) is 0 Å². The Morgan fingerprint density at radius 3 is 2.27 bits per heavy atom. The van der Waals surface area contributed by atoms with Crippen LogP contribution in [-0.4, -0.2) is 47.9 Å². The van der Waals surface area contributed by atoms with Crippen molar-refractivity contribution in [3.05, 3.63) is 29.8 Å². The molecule has 2 saturated heterocycles. The van der Waals surface area contributed by atoms with E-state index < -0.39 is 0 Å². The number of nitrogens with two attached hydrogens (primary N) is 1. The van der Waals surface area contributed by atoms with Crippen molar-refractivity contribution in [3.8, 4) is 0 Å². The third-order valence-electron chi connectivity index (χ3n) is 4.52. The summed E-state index contributed by atoms with van der Waals surface area (Å²) < 4.78 is 0. The second-order valence-electron chi connectivity index (χ2n) is 5.91. The Balaban J connectivity index is 0.00000121. The molecule has 1 atom stereocenters. The fourth-order valence-corrected chi connectivity index (χ4v) is 3.32. The molecule has 0 radical (unpaired) electrons. The summed E-state index contributed by atoms with van der Waals surface area (Å²) in [6, 6.07) is 7.81. The van der Waals surface area contributed by atoms with E-state index in [9.17, 15) is 4.79 Å². The molecule has 2 aliphatic heterocycles. The van der Waals surface area contributed by atoms with E-state index in [1.54, 1.807) is 12.1 Å². The molecule has 2 fully saturated rings. The first-order chi connectivity index (χ1) is 9.74. The Morgan fingerprint density at radius 1 is 1.00 bits per heavy atom. The molecule has 1 aromatic rings. The van der Waals surface area contributed by atoms with Gasteiger partial charge in [-0.05, 0) is 56.6 Å². The van der Waals surface area contributed by atoms with Gasteiger partial charge in [0.15, 0.2) is 0 Å². The van der Waals surface area contributed by atoms with Gasteiger partial charge in [-0.15, -0.1) is 24.8 Å². The molecule has 6 heteroatoms. The smallest absolute Gasteiger partial charge is 0.253 e. The van der Waals surface area contributed by atoms with Gasteiger partial charge in [-0.2, -0.15) is 0 Å². The van der Waals surface area contributed by atoms with E-state index in [0.717, 1.165) is 25.1 Å². The molecular formula is C16H25Cl2N3O. The largest absolute Gasteiger partial charge is 0.399 e. The van der Waals surface area contributed by atoms with E-state index >= 15 is 0 Å². The van der Waals surface area contributed by atoms with Gasteiger partial charge in [0.05, 0.1) is 0 Å². The van der Waals surface area contributed by atoms with Gasteiger partial charge >= 0.3 is 0 Å². The fourth-order valence-electron chi connectivity index (χ4n) is 3.32. The first-order valence-electron chi connectivity index (χ1n) is 7.63. The lowest BCUT2D eigenvalue weighted by Crippen LogP contribution is -2.41. The number of amides is 1. The van der Waals surface area contributed by atoms with Crippen LogP contribution in [0.5, 0.6) is 0 Å². The zero-order valence-corrected chi connectivity index (χ0v) is 14.4. The molecule has 0 aliphatic carbocycles. The van der Waals surface area contributed by atoms with Gasteiger partial charge in [0.1, 0.15) is 0 Å². The first-order valence-corrected chi connectivity index (χ1v) is 7.63. The number of nitrogen functional groups attached to an aromatic ring is 1. The molecule has 1 unspecified atom stereocenters. The molecule has 0 saturated carbocycles. The molecule has 2 N–H and O–H groups in total. The number of hydrogen-bond acceptors (Lipinski definition) is 3. The maximum absolute atomic E-state index is 12.5. The number of hydrogen-bond donors (Lipinski definition) is 1. The predicted octanol–water partition coefficient (Wildman–Crippen LogP) is 2.81. The zero-order chi connectivity index (χ0) is 13.9. The van der Waals surface area contributed by atoms with E-state index in [0.29, 0.717) is 11.7 Å². The molecule has 22 heavy (non-hydrogen) atoms. The van der Waals surface area contributed by atoms with E-state index in [4.69, 9.17) is 5.73 Å². The van der Waals surface area contributed by atoms with Gasteiger partial charge in [-0.25, -0.2) is 0 Å². The van der Waals surface area contributed by atoms with Crippen molar-refractivity contribution in [1.82, 2.24) is 9.80 Å². The van der Waals surface area contributed by atoms with Crippen molar-refractivity contribution in [3.63, 3.8) is 0 Å². The minimum absolute atomic E-state index is 0. The van der Waals surface area contributed by atoms with E-state index in [1.807, 2.05) is 17.0 Å². The van der Waals surface area contributed by atoms with Crippen molar-refractivity contribution in [2.75, 3.05) is 31.9 Å². The summed E-state index contributed by atoms with van der Waals surface area (Å²) in [5, 5.41) is 0. The number of benzene rings is 1. The first kappa shape index (κ1) is 19.1. The minimum Gasteiger partial charge on any atom is -0.399 e. The Labute approximate surface area is 144 Å². The lowest BCUT2D eigenvalue weighted by molar-refractivity contribution is 0.0771. The highest BCUT2D eigenvalue weighted by Crippen LogP contribution is 2.21. The Hall–Kier alpha value is -0.970. The van der Waals surface area contributed by atoms with Gasteiger partial charge in [0, 0.05) is 30.4 Å². The summed E-state index contributed by atoms with van der Waals surface area (Å²) in [4.78, 5) is 17.0. The second kappa shape index (κ2) is 8.61. The van der Waals surface area contributed by atoms with Crippen molar-refractivity contribution < 1.29 is 4.79 Å². The van der Waals surface area contributed by atoms with Crippen molar-refractivity contribution in [1.29, 1.82) is 0 Å². The normalized spacial score (nSPS) is 21.8. The molecule has 0 bridgehead atoms. The molecule has 1 aromatic carbocycles. The molecule has 4 nitrogen and oxygen atoms in total. The van der Waals surface area contributed by atoms with E-state index in [-0.39, 0.29) is 30.7 Å². The van der Waals surface area contributed by atoms with Crippen LogP contribution in [0.25, 0.3) is 0 Å². The molecule has 1 amide bonds. The van der Waals surface area contributed by atoms with Gasteiger partial charge in [-0.3, -0.25) is 9.69 Å². The molecular weight excluding hydrogens is 321 g/mol. The van der Waals surface area contributed by atoms with Crippen molar-refractivity contribution >= 4 is 36.4 Å². The molecule has 2 heterocycles. The maximum atomic E-state index is 12.5. The number of nitrogens with zero attached hydrogens (tertiary/aromatic N) is 2. The molecule has 2 aliphatic rings. The fraction of sp³-hybridized carbons (Fsp3) is 0.562. The third-order valence-corrected chi connectivity index (χ3v) is 4.52. The lowest BCUT2D eigenvalue weighted by Gasteiger charge is -2.32. The SMILES string of the molecule is Cl.Cl.Nc1ccc(C(=O)N2CCC(N3CCCCC3)C2)cc1. The average molecular weight is 346 g/mol. The predicted molar refractivity (Wildman–Crippen MR) is 95.1 cm³/mol. The third kappa shape index (κ3) is 4.28. The van der Waals surface area contributed by atoms with Crippen LogP contribution in [0.4, 0.5) is 5.69 Å². The van der Waals surface area contributed by atoms with Crippen LogP contribution in [0, 0.1) is 0 Å². The average Bonchev–Trinajstić information content (AvgIpc) is 2.98. The summed E-state index contributed by atoms with van der Waals surface area (Å²) in [5.41, 5.74) is 7.12. The quantitative estimate of drug-likeness (QED) is 0.838. The molecule has 0 spiro atoms. The van der Waals surface area contributed by atoms with Crippen LogP contribution in [0.1, 0.15) is 36.0 Å². The monoisotopic (exact) mass is 345 g/mol. The van der Waals surface area contributed by atoms with Gasteiger partial charge in [0.2, 0.25) is 0 Å². The molecule has 0 aromatic heterocycles. The van der Waals surface area contributed by atoms with Crippen LogP contribution >= 0.6 is 24.8 Å². The summed E-state index contributed by atoms with van der Waals surface area (Å²) in [5.74, 6) is 0.143. The minimum atomic E-state index is 0. The Kier molecular flexibility index (Phi) is 7.46. The number of halogens is 2.